The lowest BCUT2D eigenvalue weighted by Crippen LogP contribution is -2.35. The Morgan fingerprint density at radius 2 is 2.24 bits per heavy atom. The Labute approximate surface area is 126 Å². The molecule has 1 aliphatic heterocycles. The van der Waals surface area contributed by atoms with Gasteiger partial charge in [-0.1, -0.05) is 6.92 Å². The summed E-state index contributed by atoms with van der Waals surface area (Å²) in [7, 11) is -3.53. The molecule has 1 fully saturated rings. The van der Waals surface area contributed by atoms with Gasteiger partial charge in [-0.15, -0.1) is 0 Å². The Kier molecular flexibility index (Phi) is 4.99. The van der Waals surface area contributed by atoms with Crippen molar-refractivity contribution in [3.05, 3.63) is 29.3 Å². The summed E-state index contributed by atoms with van der Waals surface area (Å²) >= 11 is 0. The molecule has 0 aliphatic carbocycles. The van der Waals surface area contributed by atoms with Crippen LogP contribution in [0.4, 0.5) is 0 Å². The van der Waals surface area contributed by atoms with Crippen molar-refractivity contribution < 1.29 is 13.2 Å². The molecule has 1 atom stereocenters. The Morgan fingerprint density at radius 1 is 1.48 bits per heavy atom. The molecule has 21 heavy (non-hydrogen) atoms. The van der Waals surface area contributed by atoms with Crippen molar-refractivity contribution in [2.24, 2.45) is 5.92 Å². The van der Waals surface area contributed by atoms with Gasteiger partial charge in [0.1, 0.15) is 0 Å². The van der Waals surface area contributed by atoms with E-state index in [0.717, 1.165) is 6.42 Å². The summed E-state index contributed by atoms with van der Waals surface area (Å²) in [6.45, 7) is 5.81. The molecule has 1 saturated heterocycles. The predicted molar refractivity (Wildman–Crippen MR) is 79.3 cm³/mol. The maximum absolute atomic E-state index is 12.8. The summed E-state index contributed by atoms with van der Waals surface area (Å²) in [5.41, 5.74) is 1.08. The van der Waals surface area contributed by atoms with Gasteiger partial charge >= 0.3 is 0 Å². The number of hydrogen-bond acceptors (Lipinski definition) is 4. The molecule has 2 rings (SSSR count). The number of ether oxygens (including phenoxy) is 1. The minimum atomic E-state index is -3.53. The van der Waals surface area contributed by atoms with Gasteiger partial charge in [0.05, 0.1) is 23.1 Å². The number of rotatable bonds is 5. The van der Waals surface area contributed by atoms with E-state index < -0.39 is 10.0 Å². The monoisotopic (exact) mass is 308 g/mol. The summed E-state index contributed by atoms with van der Waals surface area (Å²) in [6.07, 6.45) is 0.901. The first kappa shape index (κ1) is 16.0. The highest BCUT2D eigenvalue weighted by Crippen LogP contribution is 2.23. The van der Waals surface area contributed by atoms with E-state index >= 15 is 0 Å². The number of nitrogens with zero attached hydrogens (tertiary/aromatic N) is 2. The third-order valence-corrected chi connectivity index (χ3v) is 5.86. The Bertz CT molecular complexity index is 643. The highest BCUT2D eigenvalue weighted by Gasteiger charge is 2.28. The molecule has 1 heterocycles. The highest BCUT2D eigenvalue weighted by atomic mass is 32.2. The molecule has 0 amide bonds. The average molecular weight is 308 g/mol. The quantitative estimate of drug-likeness (QED) is 0.833. The van der Waals surface area contributed by atoms with Crippen molar-refractivity contribution in [1.29, 1.82) is 5.26 Å². The normalized spacial score (nSPS) is 18.9. The van der Waals surface area contributed by atoms with E-state index in [4.69, 9.17) is 10.00 Å². The van der Waals surface area contributed by atoms with Gasteiger partial charge < -0.3 is 4.74 Å². The molecular weight excluding hydrogens is 288 g/mol. The molecule has 0 N–H and O–H groups in total. The van der Waals surface area contributed by atoms with Crippen LogP contribution in [0.1, 0.15) is 24.5 Å². The van der Waals surface area contributed by atoms with Crippen molar-refractivity contribution in [2.75, 3.05) is 26.3 Å². The minimum Gasteiger partial charge on any atom is -0.381 e. The molecule has 0 bridgehead atoms. The van der Waals surface area contributed by atoms with Gasteiger partial charge in [0.2, 0.25) is 10.0 Å². The number of sulfonamides is 1. The average Bonchev–Trinajstić information content (AvgIpc) is 2.97. The molecule has 1 aliphatic rings. The number of nitriles is 1. The van der Waals surface area contributed by atoms with Crippen LogP contribution in [0.3, 0.4) is 0 Å². The van der Waals surface area contributed by atoms with Gasteiger partial charge in [-0.05, 0) is 43.0 Å². The highest BCUT2D eigenvalue weighted by molar-refractivity contribution is 7.89. The zero-order chi connectivity index (χ0) is 15.5. The van der Waals surface area contributed by atoms with Crippen LogP contribution in [-0.2, 0) is 14.8 Å². The molecule has 1 aromatic carbocycles. The van der Waals surface area contributed by atoms with E-state index in [1.165, 1.54) is 10.4 Å². The molecular formula is C15H20N2O3S. The first-order valence-electron chi connectivity index (χ1n) is 7.07. The van der Waals surface area contributed by atoms with Crippen LogP contribution in [0, 0.1) is 24.2 Å². The third kappa shape index (κ3) is 3.43. The molecule has 114 valence electrons. The molecule has 5 nitrogen and oxygen atoms in total. The molecule has 0 spiro atoms. The Hall–Kier alpha value is -1.42. The van der Waals surface area contributed by atoms with Gasteiger partial charge in [-0.2, -0.15) is 9.57 Å². The number of aryl methyl sites for hydroxylation is 1. The zero-order valence-corrected chi connectivity index (χ0v) is 13.2. The second-order valence-electron chi connectivity index (χ2n) is 5.28. The SMILES string of the molecule is CCN(C[C@@H]1CCOC1)S(=O)(=O)c1ccc(C#N)cc1C. The molecule has 0 aromatic heterocycles. The lowest BCUT2D eigenvalue weighted by atomic mass is 10.1. The van der Waals surface area contributed by atoms with Gasteiger partial charge in [-0.3, -0.25) is 0 Å². The van der Waals surface area contributed by atoms with Crippen LogP contribution in [0.15, 0.2) is 23.1 Å². The second kappa shape index (κ2) is 6.56. The maximum Gasteiger partial charge on any atom is 0.243 e. The largest absolute Gasteiger partial charge is 0.381 e. The van der Waals surface area contributed by atoms with Crippen LogP contribution >= 0.6 is 0 Å². The topological polar surface area (TPSA) is 70.4 Å². The predicted octanol–water partition coefficient (Wildman–Crippen LogP) is 1.91. The fourth-order valence-corrected chi connectivity index (χ4v) is 4.29. The van der Waals surface area contributed by atoms with Crippen LogP contribution in [0.2, 0.25) is 0 Å². The summed E-state index contributed by atoms with van der Waals surface area (Å²) in [5, 5.41) is 8.88. The lowest BCUT2D eigenvalue weighted by Gasteiger charge is -2.24. The van der Waals surface area contributed by atoms with Gasteiger partial charge in [0, 0.05) is 19.7 Å². The number of hydrogen-bond donors (Lipinski definition) is 0. The standard InChI is InChI=1S/C15H20N2O3S/c1-3-17(10-14-6-7-20-11-14)21(18,19)15-5-4-13(9-16)8-12(15)2/h4-5,8,14H,3,6-7,10-11H2,1-2H3/t14-/m0/s1. The van der Waals surface area contributed by atoms with Gasteiger partial charge in [0.25, 0.3) is 0 Å². The summed E-state index contributed by atoms with van der Waals surface area (Å²) in [6, 6.07) is 6.71. The van der Waals surface area contributed by atoms with E-state index in [9.17, 15) is 8.42 Å². The zero-order valence-electron chi connectivity index (χ0n) is 12.4. The van der Waals surface area contributed by atoms with Crippen LogP contribution in [0.25, 0.3) is 0 Å². The molecule has 6 heteroatoms. The van der Waals surface area contributed by atoms with Gasteiger partial charge in [0.15, 0.2) is 0 Å². The first-order chi connectivity index (χ1) is 9.98. The van der Waals surface area contributed by atoms with Crippen LogP contribution < -0.4 is 0 Å². The lowest BCUT2D eigenvalue weighted by molar-refractivity contribution is 0.181. The smallest absolute Gasteiger partial charge is 0.243 e. The van der Waals surface area contributed by atoms with Crippen molar-refractivity contribution in [3.63, 3.8) is 0 Å². The Balaban J connectivity index is 2.28. The summed E-state index contributed by atoms with van der Waals surface area (Å²) in [5.74, 6) is 0.262. The summed E-state index contributed by atoms with van der Waals surface area (Å²) in [4.78, 5) is 0.280. The summed E-state index contributed by atoms with van der Waals surface area (Å²) < 4.78 is 32.4. The van der Waals surface area contributed by atoms with Crippen LogP contribution in [-0.4, -0.2) is 39.0 Å². The fraction of sp³-hybridized carbons (Fsp3) is 0.533. The Morgan fingerprint density at radius 3 is 2.76 bits per heavy atom. The van der Waals surface area contributed by atoms with Crippen molar-refractivity contribution in [2.45, 2.75) is 25.2 Å². The van der Waals surface area contributed by atoms with Crippen molar-refractivity contribution >= 4 is 10.0 Å². The minimum absolute atomic E-state index is 0.262. The van der Waals surface area contributed by atoms with E-state index in [1.807, 2.05) is 13.0 Å². The first-order valence-corrected chi connectivity index (χ1v) is 8.51. The van der Waals surface area contributed by atoms with E-state index in [2.05, 4.69) is 0 Å². The molecule has 0 unspecified atom stereocenters. The third-order valence-electron chi connectivity index (χ3n) is 3.76. The van der Waals surface area contributed by atoms with Crippen molar-refractivity contribution in [1.82, 2.24) is 4.31 Å². The van der Waals surface area contributed by atoms with Crippen LogP contribution in [0.5, 0.6) is 0 Å². The van der Waals surface area contributed by atoms with Crippen molar-refractivity contribution in [3.8, 4) is 6.07 Å². The van der Waals surface area contributed by atoms with E-state index in [1.54, 1.807) is 19.1 Å². The van der Waals surface area contributed by atoms with E-state index in [-0.39, 0.29) is 10.8 Å². The second-order valence-corrected chi connectivity index (χ2v) is 7.18. The molecule has 0 saturated carbocycles. The van der Waals surface area contributed by atoms with Gasteiger partial charge in [-0.25, -0.2) is 8.42 Å². The maximum atomic E-state index is 12.8. The fourth-order valence-electron chi connectivity index (χ4n) is 2.56. The molecule has 0 radical (unpaired) electrons. The van der Waals surface area contributed by atoms with E-state index in [0.29, 0.717) is 37.4 Å². The number of benzene rings is 1. The molecule has 1 aromatic rings.